The van der Waals surface area contributed by atoms with Crippen molar-refractivity contribution in [3.05, 3.63) is 65.1 Å². The number of sulfonamides is 1. The SMILES string of the molecule is CCOC(=O)c1nc(S(=O)(=O)NC2CC(c3ccc(Cl)cc3)C2)c2ccccn12. The van der Waals surface area contributed by atoms with E-state index in [1.165, 1.54) is 4.40 Å². The predicted molar refractivity (Wildman–Crippen MR) is 109 cm³/mol. The molecule has 0 radical (unpaired) electrons. The summed E-state index contributed by atoms with van der Waals surface area (Å²) < 4.78 is 35.1. The van der Waals surface area contributed by atoms with Crippen LogP contribution in [0.3, 0.4) is 0 Å². The molecule has 29 heavy (non-hydrogen) atoms. The van der Waals surface area contributed by atoms with Gasteiger partial charge in [-0.2, -0.15) is 0 Å². The Balaban J connectivity index is 1.54. The van der Waals surface area contributed by atoms with Crippen molar-refractivity contribution in [2.24, 2.45) is 0 Å². The Morgan fingerprint density at radius 2 is 1.97 bits per heavy atom. The van der Waals surface area contributed by atoms with Crippen LogP contribution in [-0.2, 0) is 14.8 Å². The van der Waals surface area contributed by atoms with Gasteiger partial charge in [-0.15, -0.1) is 0 Å². The number of imidazole rings is 1. The second kappa shape index (κ2) is 7.78. The highest BCUT2D eigenvalue weighted by atomic mass is 35.5. The third-order valence-corrected chi connectivity index (χ3v) is 6.73. The smallest absolute Gasteiger partial charge is 0.374 e. The highest BCUT2D eigenvalue weighted by Crippen LogP contribution is 2.38. The van der Waals surface area contributed by atoms with Crippen LogP contribution in [0.4, 0.5) is 0 Å². The van der Waals surface area contributed by atoms with Crippen molar-refractivity contribution >= 4 is 33.1 Å². The third kappa shape index (κ3) is 3.88. The monoisotopic (exact) mass is 433 g/mol. The zero-order valence-electron chi connectivity index (χ0n) is 15.7. The number of benzene rings is 1. The summed E-state index contributed by atoms with van der Waals surface area (Å²) in [5.41, 5.74) is 1.47. The Hall–Kier alpha value is -2.42. The van der Waals surface area contributed by atoms with Gasteiger partial charge in [0.05, 0.1) is 12.1 Å². The fraction of sp³-hybridized carbons (Fsp3) is 0.300. The molecule has 2 heterocycles. The summed E-state index contributed by atoms with van der Waals surface area (Å²) >= 11 is 5.92. The number of carbonyl (C=O) groups is 1. The van der Waals surface area contributed by atoms with Crippen molar-refractivity contribution in [2.75, 3.05) is 6.61 Å². The lowest BCUT2D eigenvalue weighted by Gasteiger charge is -2.35. The Morgan fingerprint density at radius 1 is 1.24 bits per heavy atom. The molecule has 7 nitrogen and oxygen atoms in total. The lowest BCUT2D eigenvalue weighted by Crippen LogP contribution is -2.43. The van der Waals surface area contributed by atoms with E-state index in [1.54, 1.807) is 31.3 Å². The number of ether oxygens (including phenoxy) is 1. The zero-order valence-corrected chi connectivity index (χ0v) is 17.3. The number of fused-ring (bicyclic) bond motifs is 1. The van der Waals surface area contributed by atoms with E-state index in [0.29, 0.717) is 23.4 Å². The van der Waals surface area contributed by atoms with Gasteiger partial charge in [0, 0.05) is 17.3 Å². The maximum atomic E-state index is 13.0. The fourth-order valence-corrected chi connectivity index (χ4v) is 5.06. The number of nitrogens with zero attached hydrogens (tertiary/aromatic N) is 2. The third-order valence-electron chi connectivity index (χ3n) is 5.03. The summed E-state index contributed by atoms with van der Waals surface area (Å²) in [6.45, 7) is 1.86. The molecular formula is C20H20ClN3O4S. The number of carbonyl (C=O) groups excluding carboxylic acids is 1. The van der Waals surface area contributed by atoms with Gasteiger partial charge in [-0.1, -0.05) is 29.8 Å². The van der Waals surface area contributed by atoms with Crippen molar-refractivity contribution in [3.63, 3.8) is 0 Å². The number of hydrogen-bond donors (Lipinski definition) is 1. The molecule has 9 heteroatoms. The van der Waals surface area contributed by atoms with Crippen LogP contribution >= 0.6 is 11.6 Å². The normalized spacial score (nSPS) is 19.1. The number of nitrogens with one attached hydrogen (secondary N) is 1. The molecule has 0 unspecified atom stereocenters. The molecule has 2 aromatic heterocycles. The molecule has 0 atom stereocenters. The lowest BCUT2D eigenvalue weighted by molar-refractivity contribution is 0.0511. The summed E-state index contributed by atoms with van der Waals surface area (Å²) in [4.78, 5) is 16.3. The van der Waals surface area contributed by atoms with Gasteiger partial charge >= 0.3 is 5.97 Å². The highest BCUT2D eigenvalue weighted by Gasteiger charge is 2.35. The minimum atomic E-state index is -3.90. The molecule has 0 saturated heterocycles. The van der Waals surface area contributed by atoms with Gasteiger partial charge in [0.1, 0.15) is 0 Å². The Labute approximate surface area is 173 Å². The highest BCUT2D eigenvalue weighted by molar-refractivity contribution is 7.89. The van der Waals surface area contributed by atoms with E-state index in [4.69, 9.17) is 16.3 Å². The van der Waals surface area contributed by atoms with Gasteiger partial charge in [-0.25, -0.2) is 22.9 Å². The summed E-state index contributed by atoms with van der Waals surface area (Å²) in [6, 6.07) is 12.4. The number of pyridine rings is 1. The summed E-state index contributed by atoms with van der Waals surface area (Å²) in [6.07, 6.45) is 2.97. The number of aromatic nitrogens is 2. The minimum absolute atomic E-state index is 0.0597. The predicted octanol–water partition coefficient (Wildman–Crippen LogP) is 3.39. The standard InChI is InChI=1S/C20H20ClN3O4S/c1-2-28-20(25)18-22-19(17-5-3-4-10-24(17)18)29(26,27)23-16-11-14(12-16)13-6-8-15(21)9-7-13/h3-10,14,16,23H,2,11-12H2,1H3. The first kappa shape index (κ1) is 19.9. The average Bonchev–Trinajstić information content (AvgIpc) is 3.06. The summed E-state index contributed by atoms with van der Waals surface area (Å²) in [5, 5.41) is 0.505. The number of esters is 1. The van der Waals surface area contributed by atoms with Crippen molar-refractivity contribution in [1.29, 1.82) is 0 Å². The molecule has 1 fully saturated rings. The topological polar surface area (TPSA) is 89.8 Å². The van der Waals surface area contributed by atoms with Gasteiger partial charge in [-0.3, -0.25) is 4.40 Å². The van der Waals surface area contributed by atoms with E-state index in [2.05, 4.69) is 9.71 Å². The molecule has 1 aliphatic rings. The summed E-state index contributed by atoms with van der Waals surface area (Å²) in [7, 11) is -3.90. The number of rotatable bonds is 6. The summed E-state index contributed by atoms with van der Waals surface area (Å²) in [5.74, 6) is -0.439. The fourth-order valence-electron chi connectivity index (χ4n) is 3.54. The molecule has 152 valence electrons. The Bertz CT molecular complexity index is 1150. The zero-order chi connectivity index (χ0) is 20.6. The van der Waals surface area contributed by atoms with Crippen molar-refractivity contribution in [2.45, 2.75) is 36.8 Å². The van der Waals surface area contributed by atoms with Crippen molar-refractivity contribution < 1.29 is 17.9 Å². The van der Waals surface area contributed by atoms with Gasteiger partial charge in [0.15, 0.2) is 5.03 Å². The molecule has 0 spiro atoms. The van der Waals surface area contributed by atoms with Crippen LogP contribution in [0, 0.1) is 0 Å². The maximum absolute atomic E-state index is 13.0. The lowest BCUT2D eigenvalue weighted by atomic mass is 9.76. The van der Waals surface area contributed by atoms with Gasteiger partial charge < -0.3 is 4.74 Å². The first-order chi connectivity index (χ1) is 13.9. The van der Waals surface area contributed by atoms with Crippen LogP contribution in [0.25, 0.3) is 5.52 Å². The molecule has 4 rings (SSSR count). The molecular weight excluding hydrogens is 414 g/mol. The van der Waals surface area contributed by atoms with Crippen LogP contribution in [0.5, 0.6) is 0 Å². The van der Waals surface area contributed by atoms with Crippen molar-refractivity contribution in [3.8, 4) is 0 Å². The van der Waals surface area contributed by atoms with E-state index < -0.39 is 16.0 Å². The second-order valence-corrected chi connectivity index (χ2v) is 9.02. The van der Waals surface area contributed by atoms with Crippen LogP contribution < -0.4 is 4.72 Å². The minimum Gasteiger partial charge on any atom is -0.460 e. The van der Waals surface area contributed by atoms with Crippen LogP contribution in [0.2, 0.25) is 5.02 Å². The van der Waals surface area contributed by atoms with Gasteiger partial charge in [0.25, 0.3) is 10.0 Å². The van der Waals surface area contributed by atoms with E-state index >= 15 is 0 Å². The number of halogens is 1. The first-order valence-electron chi connectivity index (χ1n) is 9.31. The molecule has 0 bridgehead atoms. The first-order valence-corrected chi connectivity index (χ1v) is 11.2. The van der Waals surface area contributed by atoms with Crippen LogP contribution in [0.1, 0.15) is 41.9 Å². The number of hydrogen-bond acceptors (Lipinski definition) is 5. The molecule has 1 N–H and O–H groups in total. The molecule has 0 amide bonds. The molecule has 1 aromatic carbocycles. The van der Waals surface area contributed by atoms with E-state index in [-0.39, 0.29) is 29.4 Å². The molecule has 1 saturated carbocycles. The van der Waals surface area contributed by atoms with Crippen LogP contribution in [0.15, 0.2) is 53.7 Å². The quantitative estimate of drug-likeness (QED) is 0.602. The second-order valence-electron chi connectivity index (χ2n) is 6.96. The van der Waals surface area contributed by atoms with Gasteiger partial charge in [-0.05, 0) is 55.5 Å². The van der Waals surface area contributed by atoms with E-state index in [9.17, 15) is 13.2 Å². The van der Waals surface area contributed by atoms with Gasteiger partial charge in [0.2, 0.25) is 5.82 Å². The Morgan fingerprint density at radius 3 is 2.66 bits per heavy atom. The largest absolute Gasteiger partial charge is 0.460 e. The molecule has 0 aliphatic heterocycles. The van der Waals surface area contributed by atoms with Crippen LogP contribution in [-0.4, -0.2) is 36.4 Å². The van der Waals surface area contributed by atoms with Crippen molar-refractivity contribution in [1.82, 2.24) is 14.1 Å². The van der Waals surface area contributed by atoms with E-state index in [1.807, 2.05) is 24.3 Å². The molecule has 3 aromatic rings. The Kier molecular flexibility index (Phi) is 5.33. The average molecular weight is 434 g/mol. The van der Waals surface area contributed by atoms with E-state index in [0.717, 1.165) is 5.56 Å². The maximum Gasteiger partial charge on any atom is 0.374 e. The molecule has 1 aliphatic carbocycles.